The molecule has 0 atom stereocenters. The average Bonchev–Trinajstić information content (AvgIpc) is 3.00. The maximum absolute atomic E-state index is 13.3. The van der Waals surface area contributed by atoms with Crippen LogP contribution in [0.4, 0.5) is 13.2 Å². The molecular formula is C18H21F3N4O2. The minimum absolute atomic E-state index is 0.0158. The van der Waals surface area contributed by atoms with Crippen LogP contribution < -0.4 is 0 Å². The molecule has 1 aliphatic heterocycles. The molecule has 3 rings (SSSR count). The zero-order valence-corrected chi connectivity index (χ0v) is 15.2. The second-order valence-electron chi connectivity index (χ2n) is 6.87. The monoisotopic (exact) mass is 382 g/mol. The number of carbonyl (C=O) groups is 2. The van der Waals surface area contributed by atoms with Gasteiger partial charge in [0.2, 0.25) is 17.6 Å². The van der Waals surface area contributed by atoms with E-state index in [4.69, 9.17) is 0 Å². The Hall–Kier alpha value is -2.58. The van der Waals surface area contributed by atoms with Gasteiger partial charge in [0, 0.05) is 32.1 Å². The van der Waals surface area contributed by atoms with Gasteiger partial charge in [0.1, 0.15) is 6.54 Å². The third-order valence-corrected chi connectivity index (χ3v) is 4.64. The number of amides is 2. The fourth-order valence-corrected chi connectivity index (χ4v) is 3.23. The summed E-state index contributed by atoms with van der Waals surface area (Å²) in [4.78, 5) is 31.5. The molecule has 0 spiro atoms. The molecule has 6 nitrogen and oxygen atoms in total. The van der Waals surface area contributed by atoms with Gasteiger partial charge in [-0.3, -0.25) is 9.59 Å². The molecule has 1 aromatic carbocycles. The zero-order chi connectivity index (χ0) is 19.8. The predicted molar refractivity (Wildman–Crippen MR) is 92.7 cm³/mol. The van der Waals surface area contributed by atoms with E-state index in [2.05, 4.69) is 4.98 Å². The van der Waals surface area contributed by atoms with E-state index >= 15 is 0 Å². The van der Waals surface area contributed by atoms with Gasteiger partial charge in [0.25, 0.3) is 0 Å². The Morgan fingerprint density at radius 3 is 2.26 bits per heavy atom. The van der Waals surface area contributed by atoms with Crippen molar-refractivity contribution in [1.82, 2.24) is 19.4 Å². The van der Waals surface area contributed by atoms with Crippen LogP contribution in [0.5, 0.6) is 0 Å². The molecule has 9 heteroatoms. The summed E-state index contributed by atoms with van der Waals surface area (Å²) in [6.45, 7) is 4.58. The highest BCUT2D eigenvalue weighted by Gasteiger charge is 2.38. The van der Waals surface area contributed by atoms with Crippen LogP contribution in [0, 0.1) is 5.92 Å². The highest BCUT2D eigenvalue weighted by atomic mass is 19.4. The van der Waals surface area contributed by atoms with E-state index in [1.165, 1.54) is 17.0 Å². The van der Waals surface area contributed by atoms with Gasteiger partial charge in [0.05, 0.1) is 11.0 Å². The Morgan fingerprint density at radius 1 is 1.07 bits per heavy atom. The van der Waals surface area contributed by atoms with Crippen molar-refractivity contribution < 1.29 is 22.8 Å². The van der Waals surface area contributed by atoms with E-state index in [-0.39, 0.29) is 22.9 Å². The Balaban J connectivity index is 1.76. The van der Waals surface area contributed by atoms with E-state index in [9.17, 15) is 22.8 Å². The van der Waals surface area contributed by atoms with Crippen LogP contribution in [0.25, 0.3) is 11.0 Å². The first-order chi connectivity index (χ1) is 12.7. The number of aromatic nitrogens is 2. The fourth-order valence-electron chi connectivity index (χ4n) is 3.23. The first-order valence-corrected chi connectivity index (χ1v) is 8.77. The average molecular weight is 382 g/mol. The first-order valence-electron chi connectivity index (χ1n) is 8.77. The van der Waals surface area contributed by atoms with Crippen molar-refractivity contribution in [3.05, 3.63) is 30.1 Å². The topological polar surface area (TPSA) is 58.4 Å². The van der Waals surface area contributed by atoms with Crippen LogP contribution in [-0.4, -0.2) is 57.3 Å². The molecule has 1 fully saturated rings. The number of halogens is 3. The van der Waals surface area contributed by atoms with Gasteiger partial charge >= 0.3 is 6.18 Å². The van der Waals surface area contributed by atoms with Crippen molar-refractivity contribution in [2.45, 2.75) is 26.6 Å². The van der Waals surface area contributed by atoms with Crippen LogP contribution in [-0.2, 0) is 22.3 Å². The fraction of sp³-hybridized carbons (Fsp3) is 0.500. The predicted octanol–water partition coefficient (Wildman–Crippen LogP) is 2.38. The standard InChI is InChI=1S/C18H21F3N4O2/c1-12(2)16(27)24-9-7-23(8-10-24)15(26)11-25-14-6-4-3-5-13(14)22-17(25)18(19,20)21/h3-6,12H,7-11H2,1-2H3. The smallest absolute Gasteiger partial charge is 0.339 e. The second-order valence-corrected chi connectivity index (χ2v) is 6.87. The molecule has 0 unspecified atom stereocenters. The highest BCUT2D eigenvalue weighted by Crippen LogP contribution is 2.31. The maximum Gasteiger partial charge on any atom is 0.449 e. The molecule has 2 heterocycles. The van der Waals surface area contributed by atoms with E-state index in [0.29, 0.717) is 26.2 Å². The molecule has 146 valence electrons. The summed E-state index contributed by atoms with van der Waals surface area (Å²) in [5.74, 6) is -1.60. The number of piperazine rings is 1. The lowest BCUT2D eigenvalue weighted by Crippen LogP contribution is -2.52. The van der Waals surface area contributed by atoms with Crippen molar-refractivity contribution in [3.8, 4) is 0 Å². The van der Waals surface area contributed by atoms with Crippen LogP contribution >= 0.6 is 0 Å². The summed E-state index contributed by atoms with van der Waals surface area (Å²) in [5.41, 5.74) is 0.469. The second kappa shape index (κ2) is 7.21. The molecule has 2 amide bonds. The quantitative estimate of drug-likeness (QED) is 0.819. The Kier molecular flexibility index (Phi) is 5.12. The Labute approximate surface area is 154 Å². The van der Waals surface area contributed by atoms with E-state index < -0.39 is 24.5 Å². The summed E-state index contributed by atoms with van der Waals surface area (Å²) >= 11 is 0. The highest BCUT2D eigenvalue weighted by molar-refractivity contribution is 5.82. The molecule has 1 aliphatic rings. The van der Waals surface area contributed by atoms with Gasteiger partial charge in [-0.25, -0.2) is 4.98 Å². The molecular weight excluding hydrogens is 361 g/mol. The zero-order valence-electron chi connectivity index (χ0n) is 15.2. The van der Waals surface area contributed by atoms with Gasteiger partial charge in [-0.1, -0.05) is 26.0 Å². The lowest BCUT2D eigenvalue weighted by molar-refractivity contribution is -0.149. The molecule has 0 saturated carbocycles. The molecule has 0 bridgehead atoms. The molecule has 2 aromatic rings. The van der Waals surface area contributed by atoms with E-state index in [0.717, 1.165) is 4.57 Å². The Morgan fingerprint density at radius 2 is 1.67 bits per heavy atom. The number of hydrogen-bond acceptors (Lipinski definition) is 3. The molecule has 1 saturated heterocycles. The molecule has 0 N–H and O–H groups in total. The third kappa shape index (κ3) is 3.91. The number of fused-ring (bicyclic) bond motifs is 1. The van der Waals surface area contributed by atoms with E-state index in [1.54, 1.807) is 17.0 Å². The minimum Gasteiger partial charge on any atom is -0.339 e. The van der Waals surface area contributed by atoms with Crippen LogP contribution in [0.3, 0.4) is 0 Å². The van der Waals surface area contributed by atoms with Crippen LogP contribution in [0.2, 0.25) is 0 Å². The van der Waals surface area contributed by atoms with Gasteiger partial charge in [0.15, 0.2) is 0 Å². The molecule has 27 heavy (non-hydrogen) atoms. The first kappa shape index (κ1) is 19.2. The molecule has 1 aromatic heterocycles. The normalized spacial score (nSPS) is 15.6. The summed E-state index contributed by atoms with van der Waals surface area (Å²) in [6.07, 6.45) is -4.65. The maximum atomic E-state index is 13.3. The number of nitrogens with zero attached hydrogens (tertiary/aromatic N) is 4. The SMILES string of the molecule is CC(C)C(=O)N1CCN(C(=O)Cn2c(C(F)(F)F)nc3ccccc32)CC1. The summed E-state index contributed by atoms with van der Waals surface area (Å²) in [7, 11) is 0. The van der Waals surface area contributed by atoms with Crippen molar-refractivity contribution in [3.63, 3.8) is 0 Å². The summed E-state index contributed by atoms with van der Waals surface area (Å²) in [6, 6.07) is 6.22. The lowest BCUT2D eigenvalue weighted by Gasteiger charge is -2.35. The lowest BCUT2D eigenvalue weighted by atomic mass is 10.1. The van der Waals surface area contributed by atoms with Gasteiger partial charge in [-0.15, -0.1) is 0 Å². The summed E-state index contributed by atoms with van der Waals surface area (Å²) in [5, 5.41) is 0. The number of alkyl halides is 3. The molecule has 0 radical (unpaired) electrons. The number of hydrogen-bond donors (Lipinski definition) is 0. The number of rotatable bonds is 3. The van der Waals surface area contributed by atoms with Crippen molar-refractivity contribution >= 4 is 22.8 Å². The largest absolute Gasteiger partial charge is 0.449 e. The van der Waals surface area contributed by atoms with Crippen LogP contribution in [0.1, 0.15) is 19.7 Å². The third-order valence-electron chi connectivity index (χ3n) is 4.64. The van der Waals surface area contributed by atoms with Crippen molar-refractivity contribution in [2.75, 3.05) is 26.2 Å². The number of imidazole rings is 1. The van der Waals surface area contributed by atoms with Gasteiger partial charge in [-0.05, 0) is 12.1 Å². The van der Waals surface area contributed by atoms with Crippen molar-refractivity contribution in [2.24, 2.45) is 5.92 Å². The molecule has 0 aliphatic carbocycles. The Bertz CT molecular complexity index is 852. The van der Waals surface area contributed by atoms with E-state index in [1.807, 2.05) is 13.8 Å². The summed E-state index contributed by atoms with van der Waals surface area (Å²) < 4.78 is 40.9. The number of para-hydroxylation sites is 2. The van der Waals surface area contributed by atoms with Gasteiger partial charge < -0.3 is 14.4 Å². The van der Waals surface area contributed by atoms with Gasteiger partial charge in [-0.2, -0.15) is 13.2 Å². The number of benzene rings is 1. The minimum atomic E-state index is -4.65. The van der Waals surface area contributed by atoms with Crippen LogP contribution in [0.15, 0.2) is 24.3 Å². The van der Waals surface area contributed by atoms with Crippen molar-refractivity contribution in [1.29, 1.82) is 0 Å². The number of carbonyl (C=O) groups excluding carboxylic acids is 2.